The Kier molecular flexibility index (Phi) is 0.393. The summed E-state index contributed by atoms with van der Waals surface area (Å²) in [7, 11) is 0.245. The molecule has 0 aromatic carbocycles. The van der Waals surface area contributed by atoms with Crippen LogP contribution in [-0.2, 0) is 0 Å². The van der Waals surface area contributed by atoms with Crippen LogP contribution in [0.25, 0.3) is 0 Å². The van der Waals surface area contributed by atoms with Crippen LogP contribution in [0.4, 0.5) is 0 Å². The minimum absolute atomic E-state index is 0.245. The predicted octanol–water partition coefficient (Wildman–Crippen LogP) is 0.646. The first-order valence-electron chi connectivity index (χ1n) is 1.55. The zero-order valence-electron chi connectivity index (χ0n) is 2.78. The normalized spacial score (nSPS) is 37.8. The number of hydrogen-bond donors (Lipinski definition) is 0. The average molecular weight is 74.1 g/mol. The lowest BCUT2D eigenvalue weighted by Crippen LogP contribution is -1.30. The SMILES string of the molecule is C[PH]1=CC1. The van der Waals surface area contributed by atoms with Gasteiger partial charge >= 0.3 is 0 Å². The van der Waals surface area contributed by atoms with Gasteiger partial charge in [-0.3, -0.25) is 0 Å². The Balaban J connectivity index is 2.54. The Morgan fingerprint density at radius 1 is 2.00 bits per heavy atom. The van der Waals surface area contributed by atoms with Gasteiger partial charge in [0.2, 0.25) is 0 Å². The van der Waals surface area contributed by atoms with Crippen molar-refractivity contribution in [2.24, 2.45) is 0 Å². The summed E-state index contributed by atoms with van der Waals surface area (Å²) < 4.78 is 0. The van der Waals surface area contributed by atoms with Gasteiger partial charge in [0.15, 0.2) is 0 Å². The summed E-state index contributed by atoms with van der Waals surface area (Å²) in [5.74, 6) is 2.39. The Morgan fingerprint density at radius 2 is 2.25 bits per heavy atom. The average Bonchev–Trinajstić information content (AvgIpc) is 1.75. The van der Waals surface area contributed by atoms with Crippen molar-refractivity contribution in [3.8, 4) is 0 Å². The van der Waals surface area contributed by atoms with E-state index in [4.69, 9.17) is 0 Å². The van der Waals surface area contributed by atoms with Gasteiger partial charge in [-0.1, -0.05) is 5.80 Å². The molecule has 1 aliphatic heterocycles. The molecule has 0 amide bonds. The van der Waals surface area contributed by atoms with E-state index < -0.39 is 0 Å². The van der Waals surface area contributed by atoms with Crippen LogP contribution in [0.1, 0.15) is 0 Å². The first-order valence-corrected chi connectivity index (χ1v) is 3.83. The lowest BCUT2D eigenvalue weighted by atomic mass is 11.0. The maximum absolute atomic E-state index is 2.39. The first-order chi connectivity index (χ1) is 1.89. The van der Waals surface area contributed by atoms with Gasteiger partial charge < -0.3 is 0 Å². The molecule has 0 bridgehead atoms. The molecule has 1 rings (SSSR count). The third-order valence-corrected chi connectivity index (χ3v) is 1.84. The molecule has 0 aromatic rings. The maximum Gasteiger partial charge on any atom is -0.0174 e. The van der Waals surface area contributed by atoms with Crippen molar-refractivity contribution in [3.05, 3.63) is 0 Å². The van der Waals surface area contributed by atoms with Gasteiger partial charge in [0.05, 0.1) is 0 Å². The smallest absolute Gasteiger partial charge is 0.0174 e. The van der Waals surface area contributed by atoms with Crippen LogP contribution in [0.3, 0.4) is 0 Å². The van der Waals surface area contributed by atoms with E-state index in [9.17, 15) is 0 Å². The van der Waals surface area contributed by atoms with Crippen LogP contribution in [0.15, 0.2) is 0 Å². The summed E-state index contributed by atoms with van der Waals surface area (Å²) >= 11 is 0. The Morgan fingerprint density at radius 3 is 2.25 bits per heavy atom. The lowest BCUT2D eigenvalue weighted by Gasteiger charge is -1.49. The molecule has 1 atom stereocenters. The highest BCUT2D eigenvalue weighted by atomic mass is 31.1. The van der Waals surface area contributed by atoms with Crippen LogP contribution in [-0.4, -0.2) is 18.6 Å². The van der Waals surface area contributed by atoms with Crippen LogP contribution in [0, 0.1) is 0 Å². The van der Waals surface area contributed by atoms with Crippen molar-refractivity contribution >= 4 is 13.3 Å². The molecule has 0 nitrogen and oxygen atoms in total. The molecule has 0 N–H and O–H groups in total. The molecule has 0 spiro atoms. The van der Waals surface area contributed by atoms with Crippen LogP contribution < -0.4 is 0 Å². The highest BCUT2D eigenvalue weighted by Crippen LogP contribution is 2.26. The molecule has 0 saturated heterocycles. The molecular formula is C3H7P. The van der Waals surface area contributed by atoms with E-state index >= 15 is 0 Å². The minimum Gasteiger partial charge on any atom is -0.121 e. The van der Waals surface area contributed by atoms with Gasteiger partial charge in [-0.2, -0.15) is 0 Å². The molecule has 0 fully saturated rings. The number of hydrogen-bond acceptors (Lipinski definition) is 0. The molecule has 1 heterocycles. The van der Waals surface area contributed by atoms with E-state index in [1.54, 1.807) is 0 Å². The summed E-state index contributed by atoms with van der Waals surface area (Å²) in [6, 6.07) is 0. The summed E-state index contributed by atoms with van der Waals surface area (Å²) in [5.41, 5.74) is 0. The highest BCUT2D eigenvalue weighted by Gasteiger charge is 1.92. The quantitative estimate of drug-likeness (QED) is 0.370. The van der Waals surface area contributed by atoms with Crippen molar-refractivity contribution in [2.45, 2.75) is 0 Å². The zero-order valence-corrected chi connectivity index (χ0v) is 3.78. The standard InChI is InChI=1S/C3H7P/c1-4-2-3-4/h2,4H,3H2,1H3. The molecule has 1 heteroatoms. The minimum atomic E-state index is 0.245. The Hall–Kier alpha value is 0.300. The largest absolute Gasteiger partial charge is 0.121 e. The second-order valence-corrected chi connectivity index (χ2v) is 3.76. The van der Waals surface area contributed by atoms with E-state index in [2.05, 4.69) is 12.5 Å². The fraction of sp³-hybridized carbons (Fsp3) is 0.667. The maximum atomic E-state index is 2.39. The van der Waals surface area contributed by atoms with Gasteiger partial charge in [0, 0.05) is 0 Å². The molecule has 0 aromatic heterocycles. The third kappa shape index (κ3) is 0.357. The molecule has 0 aliphatic carbocycles. The first kappa shape index (κ1) is 2.53. The monoisotopic (exact) mass is 74.0 g/mol. The second kappa shape index (κ2) is 0.621. The van der Waals surface area contributed by atoms with Crippen molar-refractivity contribution in [3.63, 3.8) is 0 Å². The van der Waals surface area contributed by atoms with Crippen molar-refractivity contribution in [2.75, 3.05) is 12.8 Å². The molecule has 1 unspecified atom stereocenters. The summed E-state index contributed by atoms with van der Waals surface area (Å²) in [6.45, 7) is 2.32. The van der Waals surface area contributed by atoms with E-state index in [-0.39, 0.29) is 7.55 Å². The van der Waals surface area contributed by atoms with E-state index in [0.717, 1.165) is 0 Å². The molecule has 4 heavy (non-hydrogen) atoms. The summed E-state index contributed by atoms with van der Waals surface area (Å²) in [5, 5.41) is 0. The van der Waals surface area contributed by atoms with Gasteiger partial charge in [-0.25, -0.2) is 0 Å². The molecule has 24 valence electrons. The van der Waals surface area contributed by atoms with Crippen LogP contribution in [0.5, 0.6) is 0 Å². The molecule has 0 saturated carbocycles. The Labute approximate surface area is 27.2 Å². The van der Waals surface area contributed by atoms with Crippen molar-refractivity contribution in [1.82, 2.24) is 0 Å². The van der Waals surface area contributed by atoms with Gasteiger partial charge in [-0.05, 0) is 12.8 Å². The second-order valence-electron chi connectivity index (χ2n) is 1.25. The fourth-order valence-electron chi connectivity index (χ4n) is 0.102. The van der Waals surface area contributed by atoms with Gasteiger partial charge in [0.1, 0.15) is 0 Å². The van der Waals surface area contributed by atoms with Gasteiger partial charge in [0.25, 0.3) is 0 Å². The topological polar surface area (TPSA) is 0 Å². The van der Waals surface area contributed by atoms with Crippen LogP contribution >= 0.6 is 7.55 Å². The predicted molar refractivity (Wildman–Crippen MR) is 25.2 cm³/mol. The number of rotatable bonds is 0. The molecule has 1 aliphatic rings. The lowest BCUT2D eigenvalue weighted by molar-refractivity contribution is 2.19. The highest BCUT2D eigenvalue weighted by molar-refractivity contribution is 7.67. The molecule has 0 radical (unpaired) electrons. The summed E-state index contributed by atoms with van der Waals surface area (Å²) in [4.78, 5) is 0. The van der Waals surface area contributed by atoms with Crippen LogP contribution in [0.2, 0.25) is 0 Å². The van der Waals surface area contributed by atoms with Crippen molar-refractivity contribution < 1.29 is 0 Å². The van der Waals surface area contributed by atoms with E-state index in [1.165, 1.54) is 6.16 Å². The summed E-state index contributed by atoms with van der Waals surface area (Å²) in [6.07, 6.45) is 1.46. The zero-order chi connectivity index (χ0) is 2.99. The van der Waals surface area contributed by atoms with E-state index in [1.807, 2.05) is 0 Å². The third-order valence-electron chi connectivity index (χ3n) is 0.612. The van der Waals surface area contributed by atoms with E-state index in [0.29, 0.717) is 0 Å². The van der Waals surface area contributed by atoms with Crippen molar-refractivity contribution in [1.29, 1.82) is 0 Å². The Bertz CT molecular complexity index is 54.3. The van der Waals surface area contributed by atoms with Gasteiger partial charge in [-0.15, -0.1) is 7.55 Å². The fourth-order valence-corrected chi connectivity index (χ4v) is 0.919. The molecular weight excluding hydrogens is 67.0 g/mol.